The zero-order chi connectivity index (χ0) is 20.4. The topological polar surface area (TPSA) is 118 Å². The number of carbonyl (C=O) groups is 1. The van der Waals surface area contributed by atoms with Crippen molar-refractivity contribution in [3.05, 3.63) is 81.4 Å². The number of amides is 1. The van der Waals surface area contributed by atoms with Gasteiger partial charge >= 0.3 is 0 Å². The monoisotopic (exact) mass is 407 g/mol. The van der Waals surface area contributed by atoms with Crippen LogP contribution < -0.4 is 5.32 Å². The Hall–Kier alpha value is -3.85. The highest BCUT2D eigenvalue weighted by atomic mass is 32.2. The minimum absolute atomic E-state index is 0.0273. The molecule has 0 bridgehead atoms. The fourth-order valence-electron chi connectivity index (χ4n) is 2.69. The van der Waals surface area contributed by atoms with Gasteiger partial charge in [0.15, 0.2) is 0 Å². The molecule has 2 heterocycles. The molecule has 1 aliphatic rings. The number of rotatable bonds is 4. The summed E-state index contributed by atoms with van der Waals surface area (Å²) in [6.45, 7) is 0. The van der Waals surface area contributed by atoms with Gasteiger partial charge in [0.2, 0.25) is 0 Å². The highest BCUT2D eigenvalue weighted by Gasteiger charge is 2.24. The van der Waals surface area contributed by atoms with Crippen LogP contribution in [-0.2, 0) is 0 Å². The Labute approximate surface area is 168 Å². The number of hydrogen-bond donors (Lipinski definition) is 2. The summed E-state index contributed by atoms with van der Waals surface area (Å²) in [5, 5.41) is 22.9. The van der Waals surface area contributed by atoms with Crippen molar-refractivity contribution in [2.45, 2.75) is 0 Å². The highest BCUT2D eigenvalue weighted by molar-refractivity contribution is 8.18. The van der Waals surface area contributed by atoms with Crippen LogP contribution >= 0.6 is 11.8 Å². The molecule has 4 rings (SSSR count). The summed E-state index contributed by atoms with van der Waals surface area (Å²) in [7, 11) is 0. The number of thioether (sulfide) groups is 1. The molecule has 3 aromatic rings. The van der Waals surface area contributed by atoms with Gasteiger partial charge in [-0.1, -0.05) is 18.2 Å². The van der Waals surface area contributed by atoms with Crippen LogP contribution in [0.5, 0.6) is 5.75 Å². The molecule has 8 nitrogen and oxygen atoms in total. The van der Waals surface area contributed by atoms with Crippen molar-refractivity contribution in [2.24, 2.45) is 4.99 Å². The zero-order valence-electron chi connectivity index (χ0n) is 14.7. The van der Waals surface area contributed by atoms with Gasteiger partial charge in [-0.25, -0.2) is 4.99 Å². The largest absolute Gasteiger partial charge is 0.508 e. The zero-order valence-corrected chi connectivity index (χ0v) is 15.6. The third kappa shape index (κ3) is 4.19. The van der Waals surface area contributed by atoms with Crippen LogP contribution in [0.2, 0.25) is 0 Å². The van der Waals surface area contributed by atoms with E-state index in [4.69, 9.17) is 4.42 Å². The fraction of sp³-hybridized carbons (Fsp3) is 0. The lowest BCUT2D eigenvalue weighted by molar-refractivity contribution is -0.384. The number of phenols is 1. The molecule has 1 fully saturated rings. The van der Waals surface area contributed by atoms with E-state index in [9.17, 15) is 20.0 Å². The number of carbonyl (C=O) groups excluding carboxylic acids is 1. The molecule has 1 aliphatic heterocycles. The summed E-state index contributed by atoms with van der Waals surface area (Å²) in [6.07, 6.45) is 1.66. The van der Waals surface area contributed by atoms with Crippen LogP contribution in [0.1, 0.15) is 5.76 Å². The molecule has 0 aliphatic carbocycles. The Morgan fingerprint density at radius 1 is 1.14 bits per heavy atom. The third-order valence-corrected chi connectivity index (χ3v) is 4.79. The van der Waals surface area contributed by atoms with Gasteiger partial charge in [0.05, 0.1) is 15.5 Å². The van der Waals surface area contributed by atoms with Gasteiger partial charge in [-0.2, -0.15) is 0 Å². The number of benzene rings is 2. The molecule has 29 heavy (non-hydrogen) atoms. The van der Waals surface area contributed by atoms with Crippen molar-refractivity contribution >= 4 is 40.3 Å². The number of hydrogen-bond acceptors (Lipinski definition) is 7. The molecule has 0 unspecified atom stereocenters. The van der Waals surface area contributed by atoms with Gasteiger partial charge in [-0.05, 0) is 42.1 Å². The first-order valence-electron chi connectivity index (χ1n) is 8.41. The smallest absolute Gasteiger partial charge is 0.289 e. The number of nitro benzene ring substituents is 1. The normalized spacial score (nSPS) is 16.3. The Balaban J connectivity index is 1.64. The van der Waals surface area contributed by atoms with E-state index in [-0.39, 0.29) is 16.7 Å². The summed E-state index contributed by atoms with van der Waals surface area (Å²) in [6, 6.07) is 15.9. The van der Waals surface area contributed by atoms with E-state index in [1.807, 2.05) is 0 Å². The first kappa shape index (κ1) is 18.5. The number of non-ortho nitro benzene ring substituents is 1. The second-order valence-electron chi connectivity index (χ2n) is 6.01. The van der Waals surface area contributed by atoms with E-state index < -0.39 is 4.92 Å². The average molecular weight is 407 g/mol. The lowest BCUT2D eigenvalue weighted by Gasteiger charge is -2.00. The molecule has 9 heteroatoms. The Morgan fingerprint density at radius 2 is 1.97 bits per heavy atom. The number of amidine groups is 1. The van der Waals surface area contributed by atoms with Gasteiger partial charge in [-0.15, -0.1) is 0 Å². The number of nitro groups is 1. The molecule has 1 saturated heterocycles. The molecule has 0 spiro atoms. The molecule has 2 N–H and O–H groups in total. The Morgan fingerprint density at radius 3 is 2.76 bits per heavy atom. The van der Waals surface area contributed by atoms with Crippen LogP contribution in [0.4, 0.5) is 16.2 Å². The number of furan rings is 1. The first-order chi connectivity index (χ1) is 14.0. The van der Waals surface area contributed by atoms with Gasteiger partial charge in [0.25, 0.3) is 10.9 Å². The lowest BCUT2D eigenvalue weighted by atomic mass is 10.1. The number of aliphatic imine (C=N–C) groups is 1. The maximum atomic E-state index is 11.8. The van der Waals surface area contributed by atoms with E-state index >= 15 is 0 Å². The third-order valence-electron chi connectivity index (χ3n) is 3.97. The van der Waals surface area contributed by atoms with E-state index in [1.165, 1.54) is 24.3 Å². The Bertz CT molecular complexity index is 1180. The van der Waals surface area contributed by atoms with Gasteiger partial charge < -0.3 is 14.8 Å². The summed E-state index contributed by atoms with van der Waals surface area (Å²) in [4.78, 5) is 27.2. The van der Waals surface area contributed by atoms with Crippen LogP contribution in [0.25, 0.3) is 17.4 Å². The number of aromatic hydroxyl groups is 1. The van der Waals surface area contributed by atoms with Crippen molar-refractivity contribution in [3.63, 3.8) is 0 Å². The summed E-state index contributed by atoms with van der Waals surface area (Å²) in [5.74, 6) is 1.35. The second kappa shape index (κ2) is 7.64. The lowest BCUT2D eigenvalue weighted by Crippen LogP contribution is -2.18. The van der Waals surface area contributed by atoms with Gasteiger partial charge in [0.1, 0.15) is 23.1 Å². The summed E-state index contributed by atoms with van der Waals surface area (Å²) < 4.78 is 5.77. The minimum Gasteiger partial charge on any atom is -0.508 e. The van der Waals surface area contributed by atoms with Gasteiger partial charge in [0, 0.05) is 23.8 Å². The van der Waals surface area contributed by atoms with E-state index in [1.54, 1.807) is 42.5 Å². The predicted molar refractivity (Wildman–Crippen MR) is 110 cm³/mol. The molecule has 0 atom stereocenters. The highest BCUT2D eigenvalue weighted by Crippen LogP contribution is 2.31. The minimum atomic E-state index is -0.466. The van der Waals surface area contributed by atoms with Crippen molar-refractivity contribution in [2.75, 3.05) is 0 Å². The Kier molecular flexibility index (Phi) is 4.88. The van der Waals surface area contributed by atoms with Crippen molar-refractivity contribution in [1.82, 2.24) is 5.32 Å². The maximum Gasteiger partial charge on any atom is 0.289 e. The molecule has 0 saturated carbocycles. The standard InChI is InChI=1S/C20H13N3O5S/c24-15-6-2-4-13(10-15)21-19-18(29-20(25)22-19)11-16-7-8-17(28-16)12-3-1-5-14(9-12)23(26)27/h1-11,24H,(H,21,22,25). The number of phenolic OH excluding ortho intramolecular Hbond substituents is 1. The van der Waals surface area contributed by atoms with E-state index in [2.05, 4.69) is 10.3 Å². The van der Waals surface area contributed by atoms with Crippen LogP contribution in [0, 0.1) is 10.1 Å². The van der Waals surface area contributed by atoms with Crippen molar-refractivity contribution < 1.29 is 19.2 Å². The molecular weight excluding hydrogens is 394 g/mol. The van der Waals surface area contributed by atoms with Gasteiger partial charge in [-0.3, -0.25) is 14.9 Å². The van der Waals surface area contributed by atoms with Crippen LogP contribution in [-0.4, -0.2) is 21.1 Å². The summed E-state index contributed by atoms with van der Waals surface area (Å²) >= 11 is 0.972. The second-order valence-corrected chi connectivity index (χ2v) is 7.03. The summed E-state index contributed by atoms with van der Waals surface area (Å²) in [5.41, 5.74) is 1.04. The van der Waals surface area contributed by atoms with Crippen LogP contribution in [0.3, 0.4) is 0 Å². The first-order valence-corrected chi connectivity index (χ1v) is 9.23. The number of nitrogens with zero attached hydrogens (tertiary/aromatic N) is 2. The molecule has 0 radical (unpaired) electrons. The molecule has 1 aromatic heterocycles. The predicted octanol–water partition coefficient (Wildman–Crippen LogP) is 5.09. The van der Waals surface area contributed by atoms with Crippen molar-refractivity contribution in [1.29, 1.82) is 0 Å². The SMILES string of the molecule is O=C1NC(=Nc2cccc(O)c2)C(=Cc2ccc(-c3cccc([N+](=O)[O-])c3)o2)S1. The maximum absolute atomic E-state index is 11.8. The fourth-order valence-corrected chi connectivity index (χ4v) is 3.41. The molecule has 1 amide bonds. The molecule has 144 valence electrons. The molecular formula is C20H13N3O5S. The van der Waals surface area contributed by atoms with E-state index in [0.29, 0.717) is 33.5 Å². The van der Waals surface area contributed by atoms with Crippen molar-refractivity contribution in [3.8, 4) is 17.1 Å². The average Bonchev–Trinajstić information content (AvgIpc) is 3.29. The molecule has 2 aromatic carbocycles. The quantitative estimate of drug-likeness (QED) is 0.459. The number of nitrogens with one attached hydrogen (secondary N) is 1. The van der Waals surface area contributed by atoms with E-state index in [0.717, 1.165) is 11.8 Å². The van der Waals surface area contributed by atoms with Crippen LogP contribution in [0.15, 0.2) is 75.0 Å².